The summed E-state index contributed by atoms with van der Waals surface area (Å²) in [5.41, 5.74) is 1.26. The number of likely N-dealkylation sites (tertiary alicyclic amines) is 1. The van der Waals surface area contributed by atoms with Crippen LogP contribution in [0.2, 0.25) is 10.0 Å². The zero-order valence-corrected chi connectivity index (χ0v) is 21.5. The Morgan fingerprint density at radius 2 is 1.97 bits per heavy atom. The highest BCUT2D eigenvalue weighted by molar-refractivity contribution is 6.32. The quantitative estimate of drug-likeness (QED) is 0.348. The molecule has 0 amide bonds. The third-order valence-electron chi connectivity index (χ3n) is 6.96. The maximum atomic E-state index is 15.6. The smallest absolute Gasteiger partial charge is 0.127 e. The predicted molar refractivity (Wildman–Crippen MR) is 140 cm³/mol. The highest BCUT2D eigenvalue weighted by Crippen LogP contribution is 2.41. The Kier molecular flexibility index (Phi) is 8.69. The second-order valence-corrected chi connectivity index (χ2v) is 10.1. The Morgan fingerprint density at radius 3 is 2.67 bits per heavy atom. The minimum Gasteiger partial charge on any atom is -0.497 e. The van der Waals surface area contributed by atoms with E-state index in [1.165, 1.54) is 18.3 Å². The number of halogens is 4. The molecule has 0 unspecified atom stereocenters. The maximum Gasteiger partial charge on any atom is 0.127 e. The number of benzene rings is 2. The van der Waals surface area contributed by atoms with Gasteiger partial charge in [-0.25, -0.2) is 8.78 Å². The molecule has 4 nitrogen and oxygen atoms in total. The monoisotopic (exact) mass is 532 g/mol. The number of aliphatic hydroxyl groups is 1. The molecule has 8 heteroatoms. The highest BCUT2D eigenvalue weighted by Gasteiger charge is 2.35. The first kappa shape index (κ1) is 26.6. The van der Waals surface area contributed by atoms with Crippen molar-refractivity contribution in [2.24, 2.45) is 5.41 Å². The fourth-order valence-corrected chi connectivity index (χ4v) is 5.23. The summed E-state index contributed by atoms with van der Waals surface area (Å²) >= 11 is 12.3. The van der Waals surface area contributed by atoms with Crippen molar-refractivity contribution in [3.63, 3.8) is 0 Å². The number of aromatic nitrogens is 1. The molecule has 1 aliphatic heterocycles. The van der Waals surface area contributed by atoms with Gasteiger partial charge in [0.05, 0.1) is 24.2 Å². The normalized spacial score (nSPS) is 16.4. The average molecular weight is 533 g/mol. The fraction of sp³-hybridized carbons (Fsp3) is 0.393. The molecule has 190 valence electrons. The molecule has 1 aromatic heterocycles. The standard InChI is InChI=1S/C28H28Cl2F2N2O2/c1-36-22-4-5-26-23(16-22)27(24(30)17-33-26)25(32)6-7-28(18-35)8-11-34(12-9-28)10-2-3-19-13-20(29)15-21(31)14-19/h4-5,13-17,25,35H,6-12,18H2,1H3/t25-/m0/s1. The van der Waals surface area contributed by atoms with Gasteiger partial charge in [0.25, 0.3) is 0 Å². The highest BCUT2D eigenvalue weighted by atomic mass is 35.5. The Bertz CT molecular complexity index is 1260. The molecule has 2 heterocycles. The minimum absolute atomic E-state index is 0.000320. The third-order valence-corrected chi connectivity index (χ3v) is 7.48. The minimum atomic E-state index is -1.29. The number of alkyl halides is 1. The van der Waals surface area contributed by atoms with E-state index in [-0.39, 0.29) is 23.5 Å². The van der Waals surface area contributed by atoms with Crippen LogP contribution in [0.1, 0.15) is 43.0 Å². The molecule has 1 saturated heterocycles. The first-order valence-electron chi connectivity index (χ1n) is 11.9. The summed E-state index contributed by atoms with van der Waals surface area (Å²) in [5, 5.41) is 11.5. The summed E-state index contributed by atoms with van der Waals surface area (Å²) in [6.45, 7) is 2.01. The fourth-order valence-electron chi connectivity index (χ4n) is 4.74. The van der Waals surface area contributed by atoms with Gasteiger partial charge >= 0.3 is 0 Å². The summed E-state index contributed by atoms with van der Waals surface area (Å²) in [5.74, 6) is 6.23. The van der Waals surface area contributed by atoms with Crippen molar-refractivity contribution >= 4 is 34.1 Å². The first-order chi connectivity index (χ1) is 17.3. The molecule has 3 aromatic rings. The van der Waals surface area contributed by atoms with Crippen LogP contribution in [0.25, 0.3) is 10.9 Å². The van der Waals surface area contributed by atoms with Crippen LogP contribution < -0.4 is 4.74 Å². The van der Waals surface area contributed by atoms with Crippen LogP contribution in [0.4, 0.5) is 8.78 Å². The number of hydrogen-bond donors (Lipinski definition) is 1. The molecule has 1 N–H and O–H groups in total. The van der Waals surface area contributed by atoms with Gasteiger partial charge in [0.15, 0.2) is 0 Å². The van der Waals surface area contributed by atoms with Gasteiger partial charge in [-0.3, -0.25) is 9.88 Å². The molecule has 0 saturated carbocycles. The summed E-state index contributed by atoms with van der Waals surface area (Å²) < 4.78 is 34.4. The van der Waals surface area contributed by atoms with Gasteiger partial charge in [-0.15, -0.1) is 0 Å². The number of rotatable bonds is 7. The number of nitrogens with zero attached hydrogens (tertiary/aromatic N) is 2. The van der Waals surface area contributed by atoms with Crippen LogP contribution in [-0.4, -0.2) is 48.3 Å². The van der Waals surface area contributed by atoms with Gasteiger partial charge in [-0.1, -0.05) is 35.0 Å². The van der Waals surface area contributed by atoms with Crippen LogP contribution >= 0.6 is 23.2 Å². The number of pyridine rings is 1. The molecule has 0 aliphatic carbocycles. The molecule has 2 aromatic carbocycles. The lowest BCUT2D eigenvalue weighted by Crippen LogP contribution is -2.42. The van der Waals surface area contributed by atoms with Crippen molar-refractivity contribution in [1.29, 1.82) is 0 Å². The van der Waals surface area contributed by atoms with Crippen LogP contribution in [-0.2, 0) is 0 Å². The maximum absolute atomic E-state index is 15.6. The number of methoxy groups -OCH3 is 1. The number of aliphatic hydroxyl groups excluding tert-OH is 1. The van der Waals surface area contributed by atoms with Crippen molar-refractivity contribution in [1.82, 2.24) is 9.88 Å². The van der Waals surface area contributed by atoms with Crippen molar-refractivity contribution < 1.29 is 18.6 Å². The Balaban J connectivity index is 1.38. The van der Waals surface area contributed by atoms with Crippen molar-refractivity contribution in [3.8, 4) is 17.6 Å². The molecule has 1 fully saturated rings. The van der Waals surface area contributed by atoms with Crippen molar-refractivity contribution in [2.45, 2.75) is 31.9 Å². The Labute approximate surface area is 220 Å². The second-order valence-electron chi connectivity index (χ2n) is 9.30. The predicted octanol–water partition coefficient (Wildman–Crippen LogP) is 6.61. The lowest BCUT2D eigenvalue weighted by molar-refractivity contribution is 0.0344. The molecular weight excluding hydrogens is 505 g/mol. The Hall–Kier alpha value is -2.43. The zero-order valence-electron chi connectivity index (χ0n) is 20.0. The summed E-state index contributed by atoms with van der Waals surface area (Å²) in [6.07, 6.45) is 2.45. The molecular formula is C28H28Cl2F2N2O2. The average Bonchev–Trinajstić information content (AvgIpc) is 2.87. The van der Waals surface area contributed by atoms with Gasteiger partial charge in [-0.05, 0) is 80.6 Å². The van der Waals surface area contributed by atoms with Gasteiger partial charge in [0, 0.05) is 34.3 Å². The molecule has 36 heavy (non-hydrogen) atoms. The number of hydrogen-bond acceptors (Lipinski definition) is 4. The van der Waals surface area contributed by atoms with E-state index in [1.54, 1.807) is 31.4 Å². The summed E-state index contributed by atoms with van der Waals surface area (Å²) in [7, 11) is 1.56. The van der Waals surface area contributed by atoms with Gasteiger partial charge in [0.2, 0.25) is 0 Å². The van der Waals surface area contributed by atoms with Crippen molar-refractivity contribution in [3.05, 3.63) is 69.6 Å². The topological polar surface area (TPSA) is 45.6 Å². The largest absolute Gasteiger partial charge is 0.497 e. The number of ether oxygens (including phenoxy) is 1. The van der Waals surface area contributed by atoms with Crippen LogP contribution in [0, 0.1) is 23.1 Å². The molecule has 1 aliphatic rings. The lowest BCUT2D eigenvalue weighted by atomic mass is 9.74. The van der Waals surface area contributed by atoms with E-state index >= 15 is 4.39 Å². The molecule has 0 radical (unpaired) electrons. The first-order valence-corrected chi connectivity index (χ1v) is 12.6. The lowest BCUT2D eigenvalue weighted by Gasteiger charge is -2.40. The van der Waals surface area contributed by atoms with E-state index in [9.17, 15) is 9.50 Å². The summed E-state index contributed by atoms with van der Waals surface area (Å²) in [4.78, 5) is 6.49. The second kappa shape index (κ2) is 11.7. The molecule has 0 bridgehead atoms. The van der Waals surface area contributed by atoms with Crippen LogP contribution in [0.5, 0.6) is 5.75 Å². The van der Waals surface area contributed by atoms with Gasteiger partial charge in [-0.2, -0.15) is 0 Å². The number of piperidine rings is 1. The van der Waals surface area contributed by atoms with Crippen LogP contribution in [0.15, 0.2) is 42.6 Å². The van der Waals surface area contributed by atoms with Crippen molar-refractivity contribution in [2.75, 3.05) is 33.4 Å². The SMILES string of the molecule is COc1ccc2ncc(Cl)c([C@@H](F)CCC3(CO)CCN(CC#Cc4cc(F)cc(Cl)c4)CC3)c2c1. The zero-order chi connectivity index (χ0) is 25.7. The number of fused-ring (bicyclic) bond motifs is 1. The van der Waals surface area contributed by atoms with E-state index in [1.807, 2.05) is 0 Å². The molecule has 1 atom stereocenters. The van der Waals surface area contributed by atoms with E-state index in [4.69, 9.17) is 27.9 Å². The van der Waals surface area contributed by atoms with Crippen LogP contribution in [0.3, 0.4) is 0 Å². The van der Waals surface area contributed by atoms with E-state index in [2.05, 4.69) is 21.7 Å². The summed E-state index contributed by atoms with van der Waals surface area (Å²) in [6, 6.07) is 9.56. The van der Waals surface area contributed by atoms with E-state index < -0.39 is 12.0 Å². The van der Waals surface area contributed by atoms with Gasteiger partial charge in [0.1, 0.15) is 17.7 Å². The van der Waals surface area contributed by atoms with Gasteiger partial charge < -0.3 is 9.84 Å². The van der Waals surface area contributed by atoms with E-state index in [0.29, 0.717) is 45.8 Å². The van der Waals surface area contributed by atoms with E-state index in [0.717, 1.165) is 25.9 Å². The third kappa shape index (κ3) is 6.27. The Morgan fingerprint density at radius 1 is 1.19 bits per heavy atom. The molecule has 4 rings (SSSR count). The molecule has 0 spiro atoms.